The van der Waals surface area contributed by atoms with Crippen molar-refractivity contribution in [1.29, 1.82) is 0 Å². The number of methoxy groups -OCH3 is 2. The van der Waals surface area contributed by atoms with Gasteiger partial charge in [-0.15, -0.1) is 0 Å². The first kappa shape index (κ1) is 19.2. The number of hydrogen-bond donors (Lipinski definition) is 1. The lowest BCUT2D eigenvalue weighted by Gasteiger charge is -2.15. The van der Waals surface area contributed by atoms with Gasteiger partial charge in [-0.05, 0) is 35.4 Å². The van der Waals surface area contributed by atoms with E-state index in [9.17, 15) is 0 Å². The first-order valence-corrected chi connectivity index (χ1v) is 10.2. The van der Waals surface area contributed by atoms with Gasteiger partial charge in [-0.25, -0.2) is 9.97 Å². The van der Waals surface area contributed by atoms with Crippen LogP contribution in [-0.2, 0) is 13.0 Å². The molecule has 0 aliphatic carbocycles. The Kier molecular flexibility index (Phi) is 5.04. The summed E-state index contributed by atoms with van der Waals surface area (Å²) in [5, 5.41) is 4.54. The minimum atomic E-state index is 0.0444. The van der Waals surface area contributed by atoms with Gasteiger partial charge in [0.25, 0.3) is 0 Å². The second-order valence-electron chi connectivity index (χ2n) is 7.48. The molecule has 1 N–H and O–H groups in total. The Bertz CT molecular complexity index is 1230. The summed E-state index contributed by atoms with van der Waals surface area (Å²) in [5.41, 5.74) is 5.23. The molecule has 0 bridgehead atoms. The SMILES string of the molecule is COc1cc2ncnc(C3Cc4cc(OCc5ccccc5)ccc4N3)c2cc1OC. The summed E-state index contributed by atoms with van der Waals surface area (Å²) in [6.45, 7) is 0.550. The number of aromatic nitrogens is 2. The highest BCUT2D eigenvalue weighted by Crippen LogP contribution is 2.39. The topological polar surface area (TPSA) is 65.5 Å². The van der Waals surface area contributed by atoms with Crippen molar-refractivity contribution in [2.45, 2.75) is 19.1 Å². The molecule has 1 aromatic heterocycles. The third-order valence-electron chi connectivity index (χ3n) is 5.58. The Morgan fingerprint density at radius 3 is 2.55 bits per heavy atom. The maximum Gasteiger partial charge on any atom is 0.162 e. The third kappa shape index (κ3) is 3.72. The molecule has 0 saturated carbocycles. The highest BCUT2D eigenvalue weighted by Gasteiger charge is 2.26. The monoisotopic (exact) mass is 413 g/mol. The van der Waals surface area contributed by atoms with Crippen molar-refractivity contribution in [3.63, 3.8) is 0 Å². The maximum atomic E-state index is 6.00. The van der Waals surface area contributed by atoms with E-state index < -0.39 is 0 Å². The normalized spacial score (nSPS) is 14.7. The molecule has 6 nitrogen and oxygen atoms in total. The predicted molar refractivity (Wildman–Crippen MR) is 120 cm³/mol. The molecule has 0 fully saturated rings. The van der Waals surface area contributed by atoms with E-state index in [1.54, 1.807) is 20.5 Å². The van der Waals surface area contributed by atoms with Crippen molar-refractivity contribution < 1.29 is 14.2 Å². The zero-order chi connectivity index (χ0) is 21.2. The fourth-order valence-electron chi connectivity index (χ4n) is 4.01. The van der Waals surface area contributed by atoms with Crippen LogP contribution in [0.4, 0.5) is 5.69 Å². The summed E-state index contributed by atoms with van der Waals surface area (Å²) in [7, 11) is 3.26. The molecular weight excluding hydrogens is 390 g/mol. The van der Waals surface area contributed by atoms with E-state index in [1.807, 2.05) is 36.4 Å². The quantitative estimate of drug-likeness (QED) is 0.483. The van der Waals surface area contributed by atoms with Crippen LogP contribution in [0.3, 0.4) is 0 Å². The highest BCUT2D eigenvalue weighted by atomic mass is 16.5. The van der Waals surface area contributed by atoms with Crippen LogP contribution in [0.5, 0.6) is 17.2 Å². The summed E-state index contributed by atoms with van der Waals surface area (Å²) < 4.78 is 16.9. The van der Waals surface area contributed by atoms with Gasteiger partial charge in [0.1, 0.15) is 18.7 Å². The second-order valence-corrected chi connectivity index (χ2v) is 7.48. The van der Waals surface area contributed by atoms with Gasteiger partial charge in [-0.3, -0.25) is 0 Å². The van der Waals surface area contributed by atoms with Gasteiger partial charge in [-0.2, -0.15) is 0 Å². The Morgan fingerprint density at radius 1 is 0.935 bits per heavy atom. The van der Waals surface area contributed by atoms with E-state index in [4.69, 9.17) is 14.2 Å². The zero-order valence-corrected chi connectivity index (χ0v) is 17.5. The van der Waals surface area contributed by atoms with Crippen molar-refractivity contribution in [3.05, 3.63) is 83.8 Å². The minimum absolute atomic E-state index is 0.0444. The van der Waals surface area contributed by atoms with Crippen molar-refractivity contribution in [3.8, 4) is 17.2 Å². The summed E-state index contributed by atoms with van der Waals surface area (Å²) in [6, 6.07) is 20.2. The van der Waals surface area contributed by atoms with Crippen molar-refractivity contribution in [1.82, 2.24) is 9.97 Å². The first-order valence-electron chi connectivity index (χ1n) is 10.2. The minimum Gasteiger partial charge on any atom is -0.493 e. The van der Waals surface area contributed by atoms with Crippen LogP contribution in [0.2, 0.25) is 0 Å². The average molecular weight is 413 g/mol. The summed E-state index contributed by atoms with van der Waals surface area (Å²) in [4.78, 5) is 9.02. The fourth-order valence-corrected chi connectivity index (χ4v) is 4.01. The van der Waals surface area contributed by atoms with Gasteiger partial charge in [0, 0.05) is 23.6 Å². The van der Waals surface area contributed by atoms with E-state index in [0.717, 1.165) is 40.0 Å². The lowest BCUT2D eigenvalue weighted by molar-refractivity contribution is 0.306. The van der Waals surface area contributed by atoms with Gasteiger partial charge in [0.15, 0.2) is 11.5 Å². The molecule has 4 aromatic rings. The lowest BCUT2D eigenvalue weighted by atomic mass is 10.0. The van der Waals surface area contributed by atoms with Gasteiger partial charge in [0.05, 0.1) is 31.5 Å². The largest absolute Gasteiger partial charge is 0.493 e. The molecule has 1 aliphatic heterocycles. The second kappa shape index (κ2) is 8.14. The van der Waals surface area contributed by atoms with Crippen molar-refractivity contribution in [2.75, 3.05) is 19.5 Å². The molecule has 0 amide bonds. The van der Waals surface area contributed by atoms with Crippen LogP contribution in [-0.4, -0.2) is 24.2 Å². The molecule has 5 rings (SSSR count). The zero-order valence-electron chi connectivity index (χ0n) is 17.5. The maximum absolute atomic E-state index is 6.00. The Balaban J connectivity index is 1.40. The van der Waals surface area contributed by atoms with Crippen LogP contribution in [0.25, 0.3) is 10.9 Å². The van der Waals surface area contributed by atoms with Crippen molar-refractivity contribution in [2.24, 2.45) is 0 Å². The van der Waals surface area contributed by atoms with E-state index in [0.29, 0.717) is 18.1 Å². The number of nitrogens with one attached hydrogen (secondary N) is 1. The summed E-state index contributed by atoms with van der Waals surface area (Å²) >= 11 is 0. The molecular formula is C25H23N3O3. The van der Waals surface area contributed by atoms with Crippen LogP contribution < -0.4 is 19.5 Å². The van der Waals surface area contributed by atoms with Crippen LogP contribution in [0.15, 0.2) is 67.0 Å². The van der Waals surface area contributed by atoms with E-state index >= 15 is 0 Å². The van der Waals surface area contributed by atoms with Crippen LogP contribution >= 0.6 is 0 Å². The van der Waals surface area contributed by atoms with Crippen LogP contribution in [0, 0.1) is 0 Å². The summed E-state index contributed by atoms with van der Waals surface area (Å²) in [5.74, 6) is 2.18. The molecule has 156 valence electrons. The van der Waals surface area contributed by atoms with Crippen molar-refractivity contribution >= 4 is 16.6 Å². The molecule has 0 radical (unpaired) electrons. The Morgan fingerprint density at radius 2 is 1.74 bits per heavy atom. The predicted octanol–water partition coefficient (Wildman–Crippen LogP) is 4.94. The standard InChI is InChI=1S/C25H23N3O3/c1-29-23-12-19-21(13-24(23)30-2)26-15-27-25(19)22-11-17-10-18(8-9-20(17)28-22)31-14-16-6-4-3-5-7-16/h3-10,12-13,15,22,28H,11,14H2,1-2H3. The van der Waals surface area contributed by atoms with E-state index in [1.165, 1.54) is 5.56 Å². The molecule has 2 heterocycles. The number of rotatable bonds is 6. The highest BCUT2D eigenvalue weighted by molar-refractivity contribution is 5.85. The number of nitrogens with zero attached hydrogens (tertiary/aromatic N) is 2. The first-order chi connectivity index (χ1) is 15.2. The molecule has 0 saturated heterocycles. The fraction of sp³-hybridized carbons (Fsp3) is 0.200. The number of anilines is 1. The van der Waals surface area contributed by atoms with Gasteiger partial charge in [-0.1, -0.05) is 30.3 Å². The van der Waals surface area contributed by atoms with E-state index in [-0.39, 0.29) is 6.04 Å². The summed E-state index contributed by atoms with van der Waals surface area (Å²) in [6.07, 6.45) is 2.42. The van der Waals surface area contributed by atoms with Gasteiger partial charge < -0.3 is 19.5 Å². The molecule has 0 spiro atoms. The molecule has 1 unspecified atom stereocenters. The Hall–Kier alpha value is -3.80. The molecule has 3 aromatic carbocycles. The van der Waals surface area contributed by atoms with Gasteiger partial charge >= 0.3 is 0 Å². The number of benzene rings is 3. The number of hydrogen-bond acceptors (Lipinski definition) is 6. The smallest absolute Gasteiger partial charge is 0.162 e. The Labute approximate surface area is 180 Å². The van der Waals surface area contributed by atoms with Gasteiger partial charge in [0.2, 0.25) is 0 Å². The number of fused-ring (bicyclic) bond motifs is 2. The van der Waals surface area contributed by atoms with E-state index in [2.05, 4.69) is 39.6 Å². The molecule has 1 aliphatic rings. The number of ether oxygens (including phenoxy) is 3. The molecule has 6 heteroatoms. The average Bonchev–Trinajstić information content (AvgIpc) is 3.25. The van der Waals surface area contributed by atoms with Crippen LogP contribution in [0.1, 0.15) is 22.9 Å². The molecule has 1 atom stereocenters. The third-order valence-corrected chi connectivity index (χ3v) is 5.58. The lowest BCUT2D eigenvalue weighted by Crippen LogP contribution is -2.09. The molecule has 31 heavy (non-hydrogen) atoms.